The third-order valence-corrected chi connectivity index (χ3v) is 5.31. The van der Waals surface area contributed by atoms with Gasteiger partial charge in [0.1, 0.15) is 5.75 Å². The van der Waals surface area contributed by atoms with E-state index < -0.39 is 26.7 Å². The number of carbonyl (C=O) groups excluding carboxylic acids is 1. The van der Waals surface area contributed by atoms with Crippen molar-refractivity contribution in [3.63, 3.8) is 0 Å². The zero-order chi connectivity index (χ0) is 14.6. The molecule has 0 aromatic heterocycles. The molecule has 5 nitrogen and oxygen atoms in total. The molecular weight excluding hydrogens is 264 g/mol. The van der Waals surface area contributed by atoms with E-state index in [1.807, 2.05) is 0 Å². The third-order valence-electron chi connectivity index (χ3n) is 3.09. The Morgan fingerprint density at radius 2 is 2.05 bits per heavy atom. The number of sulfone groups is 1. The minimum atomic E-state index is -3.41. The number of nitrogen functional groups attached to an aromatic ring is 1. The minimum absolute atomic E-state index is 0.425. The molecule has 1 unspecified atom stereocenters. The number of rotatable bonds is 5. The fraction of sp³-hybridized carbons (Fsp3) is 0.462. The normalized spacial score (nSPS) is 13.0. The maximum absolute atomic E-state index is 11.8. The second kappa shape index (κ2) is 6.06. The zero-order valence-electron chi connectivity index (χ0n) is 11.4. The molecule has 0 bridgehead atoms. The highest BCUT2D eigenvalue weighted by molar-refractivity contribution is 7.92. The number of anilines is 2. The van der Waals surface area contributed by atoms with Gasteiger partial charge in [-0.25, -0.2) is 8.42 Å². The molecule has 1 aromatic rings. The average molecular weight is 284 g/mol. The monoisotopic (exact) mass is 284 g/mol. The van der Waals surface area contributed by atoms with Gasteiger partial charge in [-0.15, -0.1) is 0 Å². The van der Waals surface area contributed by atoms with Crippen LogP contribution in [0, 0.1) is 6.92 Å². The van der Waals surface area contributed by atoms with Crippen molar-refractivity contribution >= 4 is 27.1 Å². The molecular formula is C13H20N2O3S. The van der Waals surface area contributed by atoms with E-state index in [1.54, 1.807) is 39.0 Å². The molecule has 19 heavy (non-hydrogen) atoms. The summed E-state index contributed by atoms with van der Waals surface area (Å²) in [5.41, 5.74) is 7.46. The van der Waals surface area contributed by atoms with Gasteiger partial charge in [0.15, 0.2) is 9.84 Å². The van der Waals surface area contributed by atoms with Crippen molar-refractivity contribution in [2.75, 3.05) is 16.8 Å². The molecule has 106 valence electrons. The standard InChI is InChI=1S/C13H20N2O3S/c1-4-10(3)19(17,18)8-12(16)15-13-9(2)6-5-7-11(13)14/h5-7,10H,4,8,14H2,1-3H3,(H,15,16). The second-order valence-corrected chi connectivity index (χ2v) is 7.03. The molecule has 6 heteroatoms. The third kappa shape index (κ3) is 3.96. The fourth-order valence-corrected chi connectivity index (χ4v) is 2.85. The van der Waals surface area contributed by atoms with Crippen LogP contribution in [-0.2, 0) is 14.6 Å². The summed E-state index contributed by atoms with van der Waals surface area (Å²) in [5.74, 6) is -1.07. The first-order valence-electron chi connectivity index (χ1n) is 6.14. The predicted octanol–water partition coefficient (Wildman–Crippen LogP) is 1.73. The summed E-state index contributed by atoms with van der Waals surface area (Å²) in [4.78, 5) is 11.8. The van der Waals surface area contributed by atoms with Crippen molar-refractivity contribution in [2.45, 2.75) is 32.4 Å². The quantitative estimate of drug-likeness (QED) is 0.806. The predicted molar refractivity (Wildman–Crippen MR) is 77.8 cm³/mol. The van der Waals surface area contributed by atoms with E-state index in [0.29, 0.717) is 17.8 Å². The second-order valence-electron chi connectivity index (χ2n) is 4.61. The van der Waals surface area contributed by atoms with Crippen LogP contribution < -0.4 is 11.1 Å². The van der Waals surface area contributed by atoms with Gasteiger partial charge < -0.3 is 11.1 Å². The lowest BCUT2D eigenvalue weighted by molar-refractivity contribution is -0.113. The van der Waals surface area contributed by atoms with Gasteiger partial charge in [-0.2, -0.15) is 0 Å². The molecule has 0 aliphatic carbocycles. The van der Waals surface area contributed by atoms with Crippen molar-refractivity contribution in [1.82, 2.24) is 0 Å². The number of carbonyl (C=O) groups is 1. The van der Waals surface area contributed by atoms with E-state index in [2.05, 4.69) is 5.32 Å². The maximum Gasteiger partial charge on any atom is 0.239 e. The number of hydrogen-bond donors (Lipinski definition) is 2. The van der Waals surface area contributed by atoms with Crippen molar-refractivity contribution in [3.05, 3.63) is 23.8 Å². The Morgan fingerprint density at radius 3 is 2.58 bits per heavy atom. The van der Waals surface area contributed by atoms with E-state index in [4.69, 9.17) is 5.73 Å². The minimum Gasteiger partial charge on any atom is -0.397 e. The number of hydrogen-bond acceptors (Lipinski definition) is 4. The lowest BCUT2D eigenvalue weighted by Gasteiger charge is -2.13. The van der Waals surface area contributed by atoms with Gasteiger partial charge in [0.2, 0.25) is 5.91 Å². The first-order chi connectivity index (χ1) is 8.77. The van der Waals surface area contributed by atoms with Crippen LogP contribution in [0.15, 0.2) is 18.2 Å². The Hall–Kier alpha value is -1.56. The summed E-state index contributed by atoms with van der Waals surface area (Å²) in [7, 11) is -3.41. The van der Waals surface area contributed by atoms with E-state index in [0.717, 1.165) is 5.56 Å². The average Bonchev–Trinajstić information content (AvgIpc) is 2.32. The van der Waals surface area contributed by atoms with Crippen LogP contribution in [0.3, 0.4) is 0 Å². The number of amides is 1. The molecule has 0 saturated carbocycles. The van der Waals surface area contributed by atoms with Crippen molar-refractivity contribution in [2.24, 2.45) is 0 Å². The highest BCUT2D eigenvalue weighted by atomic mass is 32.2. The van der Waals surface area contributed by atoms with E-state index in [9.17, 15) is 13.2 Å². The Balaban J connectivity index is 2.82. The number of nitrogens with one attached hydrogen (secondary N) is 1. The largest absolute Gasteiger partial charge is 0.397 e. The van der Waals surface area contributed by atoms with Gasteiger partial charge in [-0.3, -0.25) is 4.79 Å². The molecule has 0 heterocycles. The lowest BCUT2D eigenvalue weighted by atomic mass is 10.1. The molecule has 0 saturated heterocycles. The van der Waals surface area contributed by atoms with Crippen LogP contribution in [0.5, 0.6) is 0 Å². The Kier molecular flexibility index (Phi) is 4.94. The zero-order valence-corrected chi connectivity index (χ0v) is 12.3. The molecule has 3 N–H and O–H groups in total. The molecule has 1 rings (SSSR count). The van der Waals surface area contributed by atoms with Gasteiger partial charge in [0, 0.05) is 0 Å². The van der Waals surface area contributed by atoms with Crippen LogP contribution in [0.2, 0.25) is 0 Å². The summed E-state index contributed by atoms with van der Waals surface area (Å²) in [6, 6.07) is 5.23. The molecule has 0 spiro atoms. The molecule has 1 atom stereocenters. The first kappa shape index (κ1) is 15.5. The first-order valence-corrected chi connectivity index (χ1v) is 7.86. The maximum atomic E-state index is 11.8. The molecule has 0 aliphatic rings. The van der Waals surface area contributed by atoms with E-state index >= 15 is 0 Å². The molecule has 0 radical (unpaired) electrons. The number of aryl methyl sites for hydroxylation is 1. The van der Waals surface area contributed by atoms with Crippen LogP contribution >= 0.6 is 0 Å². The van der Waals surface area contributed by atoms with Crippen LogP contribution in [0.4, 0.5) is 11.4 Å². The van der Waals surface area contributed by atoms with Gasteiger partial charge in [-0.1, -0.05) is 19.1 Å². The Morgan fingerprint density at radius 1 is 1.42 bits per heavy atom. The van der Waals surface area contributed by atoms with Gasteiger partial charge in [0.05, 0.1) is 16.6 Å². The summed E-state index contributed by atoms with van der Waals surface area (Å²) in [5, 5.41) is 2.05. The van der Waals surface area contributed by atoms with Crippen LogP contribution in [0.1, 0.15) is 25.8 Å². The highest BCUT2D eigenvalue weighted by Gasteiger charge is 2.23. The number of nitrogens with two attached hydrogens (primary N) is 1. The molecule has 1 aromatic carbocycles. The van der Waals surface area contributed by atoms with E-state index in [1.165, 1.54) is 0 Å². The SMILES string of the molecule is CCC(C)S(=O)(=O)CC(=O)Nc1c(C)cccc1N. The van der Waals surface area contributed by atoms with Crippen molar-refractivity contribution in [3.8, 4) is 0 Å². The van der Waals surface area contributed by atoms with Crippen LogP contribution in [-0.4, -0.2) is 25.3 Å². The van der Waals surface area contributed by atoms with Crippen molar-refractivity contribution in [1.29, 1.82) is 0 Å². The summed E-state index contributed by atoms with van der Waals surface area (Å²) < 4.78 is 23.7. The van der Waals surface area contributed by atoms with Gasteiger partial charge in [-0.05, 0) is 31.9 Å². The van der Waals surface area contributed by atoms with E-state index in [-0.39, 0.29) is 0 Å². The van der Waals surface area contributed by atoms with Crippen molar-refractivity contribution < 1.29 is 13.2 Å². The van der Waals surface area contributed by atoms with Gasteiger partial charge >= 0.3 is 0 Å². The molecule has 0 fully saturated rings. The number of para-hydroxylation sites is 1. The summed E-state index contributed by atoms with van der Waals surface area (Å²) in [6.07, 6.45) is 0.488. The topological polar surface area (TPSA) is 89.3 Å². The molecule has 0 aliphatic heterocycles. The fourth-order valence-electron chi connectivity index (χ4n) is 1.62. The van der Waals surface area contributed by atoms with Gasteiger partial charge in [0.25, 0.3) is 0 Å². The lowest BCUT2D eigenvalue weighted by Crippen LogP contribution is -2.29. The highest BCUT2D eigenvalue weighted by Crippen LogP contribution is 2.22. The number of benzene rings is 1. The molecule has 1 amide bonds. The van der Waals surface area contributed by atoms with Crippen LogP contribution in [0.25, 0.3) is 0 Å². The smallest absolute Gasteiger partial charge is 0.239 e. The summed E-state index contributed by atoms with van der Waals surface area (Å²) >= 11 is 0. The summed E-state index contributed by atoms with van der Waals surface area (Å²) in [6.45, 7) is 5.18. The Labute approximate surface area is 114 Å². The Bertz CT molecular complexity index is 547.